The lowest BCUT2D eigenvalue weighted by Crippen LogP contribution is -2.16. The van der Waals surface area contributed by atoms with Crippen molar-refractivity contribution in [1.82, 2.24) is 15.0 Å². The molecule has 128 valence electrons. The first-order chi connectivity index (χ1) is 11.3. The quantitative estimate of drug-likeness (QED) is 0.843. The lowest BCUT2D eigenvalue weighted by molar-refractivity contribution is -0.141. The van der Waals surface area contributed by atoms with E-state index in [1.807, 2.05) is 0 Å². The Morgan fingerprint density at radius 3 is 2.58 bits per heavy atom. The van der Waals surface area contributed by atoms with Gasteiger partial charge in [0.25, 0.3) is 0 Å². The summed E-state index contributed by atoms with van der Waals surface area (Å²) >= 11 is 0. The zero-order valence-electron chi connectivity index (χ0n) is 13.0. The number of aryl methyl sites for hydroxylation is 1. The van der Waals surface area contributed by atoms with E-state index in [2.05, 4.69) is 25.0 Å². The van der Waals surface area contributed by atoms with Crippen molar-refractivity contribution in [2.24, 2.45) is 0 Å². The second-order valence-corrected chi connectivity index (χ2v) is 4.91. The van der Waals surface area contributed by atoms with Crippen LogP contribution in [0.1, 0.15) is 27.4 Å². The Morgan fingerprint density at radius 1 is 1.25 bits per heavy atom. The van der Waals surface area contributed by atoms with Crippen LogP contribution in [0.5, 0.6) is 0 Å². The number of carbonyl (C=O) groups is 1. The van der Waals surface area contributed by atoms with E-state index in [0.717, 1.165) is 24.9 Å². The van der Waals surface area contributed by atoms with E-state index in [1.165, 1.54) is 0 Å². The molecule has 2 aromatic heterocycles. The van der Waals surface area contributed by atoms with Crippen molar-refractivity contribution in [1.29, 1.82) is 0 Å². The highest BCUT2D eigenvalue weighted by Gasteiger charge is 2.33. The third-order valence-corrected chi connectivity index (χ3v) is 3.10. The highest BCUT2D eigenvalue weighted by atomic mass is 19.4. The fraction of sp³-hybridized carbons (Fsp3) is 0.333. The van der Waals surface area contributed by atoms with Gasteiger partial charge in [0.15, 0.2) is 0 Å². The third-order valence-electron chi connectivity index (χ3n) is 3.10. The second kappa shape index (κ2) is 7.24. The molecule has 0 aliphatic rings. The van der Waals surface area contributed by atoms with Crippen LogP contribution in [0.15, 0.2) is 24.5 Å². The third kappa shape index (κ3) is 4.40. The summed E-state index contributed by atoms with van der Waals surface area (Å²) in [5.41, 5.74) is 0.271. The number of hydrogen-bond donors (Lipinski definition) is 1. The van der Waals surface area contributed by atoms with Crippen LogP contribution < -0.4 is 5.32 Å². The van der Waals surface area contributed by atoms with Crippen molar-refractivity contribution in [3.8, 4) is 0 Å². The van der Waals surface area contributed by atoms with Crippen LogP contribution in [0.25, 0.3) is 0 Å². The van der Waals surface area contributed by atoms with E-state index in [-0.39, 0.29) is 17.9 Å². The fourth-order valence-corrected chi connectivity index (χ4v) is 1.88. The van der Waals surface area contributed by atoms with Crippen molar-refractivity contribution in [2.75, 3.05) is 19.0 Å². The van der Waals surface area contributed by atoms with Crippen LogP contribution in [0.3, 0.4) is 0 Å². The Bertz CT molecular complexity index is 718. The fourth-order valence-electron chi connectivity index (χ4n) is 1.88. The van der Waals surface area contributed by atoms with Crippen LogP contribution in [-0.2, 0) is 17.3 Å². The highest BCUT2D eigenvalue weighted by molar-refractivity contribution is 5.94. The van der Waals surface area contributed by atoms with Gasteiger partial charge in [-0.2, -0.15) is 13.2 Å². The molecule has 0 saturated carbocycles. The van der Waals surface area contributed by atoms with Gasteiger partial charge >= 0.3 is 12.1 Å². The normalized spacial score (nSPS) is 11.2. The summed E-state index contributed by atoms with van der Waals surface area (Å²) in [5.74, 6) is -0.953. The van der Waals surface area contributed by atoms with Crippen molar-refractivity contribution in [2.45, 2.75) is 19.5 Å². The first-order valence-electron chi connectivity index (χ1n) is 6.99. The Hall–Kier alpha value is -2.71. The molecule has 1 N–H and O–H groups in total. The first-order valence-corrected chi connectivity index (χ1v) is 6.99. The molecule has 0 aliphatic heterocycles. The number of halogens is 3. The van der Waals surface area contributed by atoms with E-state index >= 15 is 0 Å². The lowest BCUT2D eigenvalue weighted by Gasteiger charge is -2.13. The van der Waals surface area contributed by atoms with Crippen LogP contribution >= 0.6 is 0 Å². The molecule has 0 spiro atoms. The van der Waals surface area contributed by atoms with Gasteiger partial charge in [-0.15, -0.1) is 0 Å². The summed E-state index contributed by atoms with van der Waals surface area (Å²) in [4.78, 5) is 23.4. The summed E-state index contributed by atoms with van der Waals surface area (Å²) in [7, 11) is 1.14. The number of nitrogens with zero attached hydrogens (tertiary/aromatic N) is 3. The van der Waals surface area contributed by atoms with Crippen LogP contribution in [0.4, 0.5) is 19.0 Å². The van der Waals surface area contributed by atoms with Crippen LogP contribution in [0, 0.1) is 6.92 Å². The molecule has 24 heavy (non-hydrogen) atoms. The zero-order valence-corrected chi connectivity index (χ0v) is 13.0. The van der Waals surface area contributed by atoms with Gasteiger partial charge in [-0.25, -0.2) is 9.78 Å². The average molecular weight is 340 g/mol. The molecule has 0 fully saturated rings. The lowest BCUT2D eigenvalue weighted by atomic mass is 10.2. The van der Waals surface area contributed by atoms with E-state index < -0.39 is 17.8 Å². The maximum atomic E-state index is 12.8. The topological polar surface area (TPSA) is 77.0 Å². The van der Waals surface area contributed by atoms with E-state index in [1.54, 1.807) is 19.3 Å². The molecule has 2 rings (SSSR count). The van der Waals surface area contributed by atoms with Crippen molar-refractivity contribution in [3.05, 3.63) is 47.2 Å². The van der Waals surface area contributed by atoms with Gasteiger partial charge in [0, 0.05) is 25.4 Å². The molecular formula is C15H15F3N4O2. The minimum Gasteiger partial charge on any atom is -0.465 e. The largest absolute Gasteiger partial charge is 0.465 e. The Balaban J connectivity index is 2.16. The molecule has 0 saturated heterocycles. The van der Waals surface area contributed by atoms with Gasteiger partial charge in [-0.1, -0.05) is 0 Å². The van der Waals surface area contributed by atoms with E-state index in [4.69, 9.17) is 0 Å². The average Bonchev–Trinajstić information content (AvgIpc) is 2.55. The van der Waals surface area contributed by atoms with E-state index in [9.17, 15) is 18.0 Å². The van der Waals surface area contributed by atoms with Crippen molar-refractivity contribution in [3.63, 3.8) is 0 Å². The van der Waals surface area contributed by atoms with Gasteiger partial charge in [-0.3, -0.25) is 9.97 Å². The number of carbonyl (C=O) groups excluding carboxylic acids is 1. The Kier molecular flexibility index (Phi) is 5.32. The molecular weight excluding hydrogens is 325 g/mol. The number of pyridine rings is 1. The summed E-state index contributed by atoms with van der Waals surface area (Å²) < 4.78 is 42.9. The monoisotopic (exact) mass is 340 g/mol. The highest BCUT2D eigenvalue weighted by Crippen LogP contribution is 2.29. The smallest absolute Gasteiger partial charge is 0.433 e. The molecule has 0 radical (unpaired) electrons. The molecule has 0 amide bonds. The van der Waals surface area contributed by atoms with Crippen molar-refractivity contribution < 1.29 is 22.7 Å². The van der Waals surface area contributed by atoms with Crippen LogP contribution in [-0.4, -0.2) is 34.6 Å². The SMILES string of the molecule is COC(=O)c1ccc(C(F)(F)F)nc1NCCc1cnc(C)cn1. The molecule has 0 atom stereocenters. The molecule has 2 aromatic rings. The second-order valence-electron chi connectivity index (χ2n) is 4.91. The molecule has 0 aromatic carbocycles. The van der Waals surface area contributed by atoms with Gasteiger partial charge in [0.2, 0.25) is 0 Å². The Morgan fingerprint density at radius 2 is 2.00 bits per heavy atom. The number of rotatable bonds is 5. The van der Waals surface area contributed by atoms with Gasteiger partial charge < -0.3 is 10.1 Å². The molecule has 6 nitrogen and oxygen atoms in total. The predicted octanol–water partition coefficient (Wildman–Crippen LogP) is 2.64. The summed E-state index contributed by atoms with van der Waals surface area (Å²) in [6.45, 7) is 2.03. The minimum atomic E-state index is -4.60. The van der Waals surface area contributed by atoms with E-state index in [0.29, 0.717) is 12.1 Å². The van der Waals surface area contributed by atoms with Crippen molar-refractivity contribution >= 4 is 11.8 Å². The summed E-state index contributed by atoms with van der Waals surface area (Å²) in [6.07, 6.45) is -1.02. The maximum Gasteiger partial charge on any atom is 0.433 e. The number of esters is 1. The molecule has 0 unspecified atom stereocenters. The maximum absolute atomic E-state index is 12.8. The Labute approximate surface area is 136 Å². The predicted molar refractivity (Wildman–Crippen MR) is 79.5 cm³/mol. The summed E-state index contributed by atoms with van der Waals surface area (Å²) in [5, 5.41) is 2.72. The number of alkyl halides is 3. The van der Waals surface area contributed by atoms with Gasteiger partial charge in [-0.05, 0) is 19.1 Å². The first kappa shape index (κ1) is 17.6. The molecule has 9 heteroatoms. The molecule has 0 bridgehead atoms. The number of aromatic nitrogens is 3. The van der Waals surface area contributed by atoms with Crippen LogP contribution in [0.2, 0.25) is 0 Å². The van der Waals surface area contributed by atoms with Gasteiger partial charge in [0.05, 0.1) is 18.5 Å². The molecule has 0 aliphatic carbocycles. The summed E-state index contributed by atoms with van der Waals surface area (Å²) in [6, 6.07) is 1.78. The standard InChI is InChI=1S/C15H15F3N4O2/c1-9-7-21-10(8-20-9)5-6-19-13-11(14(23)24-2)3-4-12(22-13)15(16,17)18/h3-4,7-8H,5-6H2,1-2H3,(H,19,22). The zero-order chi connectivity index (χ0) is 17.7. The minimum absolute atomic E-state index is 0.0690. The number of ether oxygens (including phenoxy) is 1. The number of methoxy groups -OCH3 is 1. The number of hydrogen-bond acceptors (Lipinski definition) is 6. The number of nitrogens with one attached hydrogen (secondary N) is 1. The van der Waals surface area contributed by atoms with Gasteiger partial charge in [0.1, 0.15) is 17.1 Å². The number of anilines is 1. The molecule has 2 heterocycles.